The van der Waals surface area contributed by atoms with Crippen LogP contribution in [-0.2, 0) is 9.59 Å². The number of nitrogens with zero attached hydrogens (tertiary/aromatic N) is 2. The van der Waals surface area contributed by atoms with Gasteiger partial charge in [0.05, 0.1) is 5.02 Å². The van der Waals surface area contributed by atoms with Gasteiger partial charge in [-0.25, -0.2) is 4.98 Å². The van der Waals surface area contributed by atoms with Crippen molar-refractivity contribution >= 4 is 35.1 Å². The quantitative estimate of drug-likeness (QED) is 0.472. The van der Waals surface area contributed by atoms with Gasteiger partial charge in [-0.3, -0.25) is 23.7 Å². The highest BCUT2D eigenvalue weighted by Gasteiger charge is 2.30. The molecule has 0 saturated heterocycles. The molecule has 2 aromatic heterocycles. The Labute approximate surface area is 206 Å². The molecule has 3 aromatic rings. The molecule has 1 aromatic carbocycles. The van der Waals surface area contributed by atoms with Gasteiger partial charge in [-0.2, -0.15) is 0 Å². The molecule has 0 bridgehead atoms. The molecule has 1 aliphatic carbocycles. The van der Waals surface area contributed by atoms with Gasteiger partial charge in [-0.15, -0.1) is 0 Å². The first-order valence-electron chi connectivity index (χ1n) is 11.2. The van der Waals surface area contributed by atoms with E-state index in [0.29, 0.717) is 29.1 Å². The summed E-state index contributed by atoms with van der Waals surface area (Å²) in [5, 5.41) is 8.56. The predicted molar refractivity (Wildman–Crippen MR) is 132 cm³/mol. The van der Waals surface area contributed by atoms with Gasteiger partial charge in [-0.05, 0) is 55.3 Å². The summed E-state index contributed by atoms with van der Waals surface area (Å²) in [6.07, 6.45) is 6.11. The van der Waals surface area contributed by atoms with Crippen LogP contribution in [-0.4, -0.2) is 39.4 Å². The Morgan fingerprint density at radius 3 is 2.26 bits per heavy atom. The molecule has 10 heteroatoms. The number of carbonyl (C=O) groups excluding carboxylic acids is 3. The van der Waals surface area contributed by atoms with Gasteiger partial charge in [0.25, 0.3) is 11.5 Å². The van der Waals surface area contributed by atoms with Crippen molar-refractivity contribution in [1.29, 1.82) is 0 Å². The van der Waals surface area contributed by atoms with Crippen LogP contribution >= 0.6 is 11.6 Å². The molecule has 9 nitrogen and oxygen atoms in total. The van der Waals surface area contributed by atoms with E-state index in [0.717, 1.165) is 12.8 Å². The summed E-state index contributed by atoms with van der Waals surface area (Å²) in [4.78, 5) is 53.6. The number of hydrogen-bond donors (Lipinski definition) is 3. The molecule has 0 spiro atoms. The monoisotopic (exact) mass is 493 g/mol. The molecule has 2 atom stereocenters. The van der Waals surface area contributed by atoms with E-state index in [9.17, 15) is 19.2 Å². The third kappa shape index (κ3) is 6.13. The molecule has 4 rings (SSSR count). The van der Waals surface area contributed by atoms with Crippen LogP contribution in [0.2, 0.25) is 5.02 Å². The van der Waals surface area contributed by atoms with E-state index in [-0.39, 0.29) is 29.4 Å². The van der Waals surface area contributed by atoms with Crippen molar-refractivity contribution in [3.8, 4) is 5.69 Å². The lowest BCUT2D eigenvalue weighted by Crippen LogP contribution is -2.55. The Morgan fingerprint density at radius 1 is 0.886 bits per heavy atom. The molecule has 0 aliphatic heterocycles. The SMILES string of the molecule is O=C(Nc1ccc(Cl)cn1)C(=O)N[C@@H]1CCCCC1NC(=O)c1ccc(-n2ccccc2=O)cc1. The molecule has 3 N–H and O–H groups in total. The second-order valence-corrected chi connectivity index (χ2v) is 8.65. The molecular weight excluding hydrogens is 470 g/mol. The number of hydrogen-bond acceptors (Lipinski definition) is 5. The minimum absolute atomic E-state index is 0.165. The zero-order valence-electron chi connectivity index (χ0n) is 18.7. The summed E-state index contributed by atoms with van der Waals surface area (Å²) in [5.41, 5.74) is 0.914. The highest BCUT2D eigenvalue weighted by atomic mass is 35.5. The number of carbonyl (C=O) groups is 3. The zero-order valence-corrected chi connectivity index (χ0v) is 19.5. The molecule has 1 saturated carbocycles. The molecule has 3 amide bonds. The lowest BCUT2D eigenvalue weighted by Gasteiger charge is -2.32. The van der Waals surface area contributed by atoms with Crippen molar-refractivity contribution in [2.24, 2.45) is 0 Å². The van der Waals surface area contributed by atoms with Gasteiger partial charge in [-0.1, -0.05) is 30.5 Å². The van der Waals surface area contributed by atoms with Crippen LogP contribution in [0.4, 0.5) is 5.82 Å². The van der Waals surface area contributed by atoms with Crippen LogP contribution in [0.1, 0.15) is 36.0 Å². The molecule has 0 radical (unpaired) electrons. The molecule has 2 heterocycles. The number of nitrogens with one attached hydrogen (secondary N) is 3. The predicted octanol–water partition coefficient (Wildman–Crippen LogP) is 2.68. The maximum atomic E-state index is 12.9. The van der Waals surface area contributed by atoms with Gasteiger partial charge < -0.3 is 16.0 Å². The number of rotatable bonds is 5. The van der Waals surface area contributed by atoms with E-state index < -0.39 is 11.8 Å². The highest BCUT2D eigenvalue weighted by molar-refractivity contribution is 6.39. The van der Waals surface area contributed by atoms with Crippen LogP contribution in [0.3, 0.4) is 0 Å². The van der Waals surface area contributed by atoms with Crippen LogP contribution in [0, 0.1) is 0 Å². The molecule has 1 aliphatic rings. The summed E-state index contributed by atoms with van der Waals surface area (Å²) in [5.74, 6) is -1.73. The Kier molecular flexibility index (Phi) is 7.57. The van der Waals surface area contributed by atoms with Gasteiger partial charge in [0.2, 0.25) is 0 Å². The summed E-state index contributed by atoms with van der Waals surface area (Å²) < 4.78 is 1.49. The van der Waals surface area contributed by atoms with Crippen molar-refractivity contribution in [1.82, 2.24) is 20.2 Å². The number of aromatic nitrogens is 2. The van der Waals surface area contributed by atoms with E-state index in [4.69, 9.17) is 11.6 Å². The maximum absolute atomic E-state index is 12.9. The van der Waals surface area contributed by atoms with E-state index in [1.165, 1.54) is 22.9 Å². The van der Waals surface area contributed by atoms with Gasteiger partial charge in [0.1, 0.15) is 5.82 Å². The summed E-state index contributed by atoms with van der Waals surface area (Å²) in [6, 6.07) is 13.9. The standard InChI is InChI=1S/C25H24ClN5O4/c26-17-10-13-21(27-15-17)30-25(35)24(34)29-20-6-2-1-5-19(20)28-23(33)16-8-11-18(12-9-16)31-14-4-3-7-22(31)32/h3-4,7-15,19-20H,1-2,5-6H2,(H,28,33)(H,29,34)(H,27,30,35)/t19?,20-/m1/s1. The van der Waals surface area contributed by atoms with E-state index in [2.05, 4.69) is 20.9 Å². The minimum Gasteiger partial charge on any atom is -0.347 e. The normalized spacial score (nSPS) is 17.3. The van der Waals surface area contributed by atoms with Crippen molar-refractivity contribution < 1.29 is 14.4 Å². The first-order valence-corrected chi connectivity index (χ1v) is 11.6. The van der Waals surface area contributed by atoms with E-state index >= 15 is 0 Å². The van der Waals surface area contributed by atoms with Crippen LogP contribution in [0.5, 0.6) is 0 Å². The van der Waals surface area contributed by atoms with E-state index in [1.54, 1.807) is 48.7 Å². The molecule has 180 valence electrons. The molecule has 1 fully saturated rings. The van der Waals surface area contributed by atoms with Gasteiger partial charge in [0, 0.05) is 41.8 Å². The van der Waals surface area contributed by atoms with Gasteiger partial charge in [0.15, 0.2) is 0 Å². The minimum atomic E-state index is -0.845. The van der Waals surface area contributed by atoms with E-state index in [1.807, 2.05) is 0 Å². The highest BCUT2D eigenvalue weighted by Crippen LogP contribution is 2.20. The summed E-state index contributed by atoms with van der Waals surface area (Å²) in [6.45, 7) is 0. The third-order valence-corrected chi connectivity index (χ3v) is 6.03. The second-order valence-electron chi connectivity index (χ2n) is 8.22. The first-order chi connectivity index (χ1) is 16.9. The lowest BCUT2D eigenvalue weighted by atomic mass is 9.90. The fraction of sp³-hybridized carbons (Fsp3) is 0.240. The summed E-state index contributed by atoms with van der Waals surface area (Å²) >= 11 is 5.78. The molecule has 35 heavy (non-hydrogen) atoms. The average molecular weight is 494 g/mol. The van der Waals surface area contributed by atoms with Crippen molar-refractivity contribution in [3.05, 3.63) is 87.9 Å². The van der Waals surface area contributed by atoms with Gasteiger partial charge >= 0.3 is 11.8 Å². The number of halogens is 1. The number of amides is 3. The van der Waals surface area contributed by atoms with Crippen molar-refractivity contribution in [2.75, 3.05) is 5.32 Å². The summed E-state index contributed by atoms with van der Waals surface area (Å²) in [7, 11) is 0. The number of benzene rings is 1. The Hall–Kier alpha value is -3.98. The fourth-order valence-electron chi connectivity index (χ4n) is 4.00. The maximum Gasteiger partial charge on any atom is 0.314 e. The zero-order chi connectivity index (χ0) is 24.8. The van der Waals surface area contributed by atoms with Crippen molar-refractivity contribution in [3.63, 3.8) is 0 Å². The fourth-order valence-corrected chi connectivity index (χ4v) is 4.11. The molecular formula is C25H24ClN5O4. The number of anilines is 1. The Bertz CT molecular complexity index is 1270. The topological polar surface area (TPSA) is 122 Å². The van der Waals surface area contributed by atoms with Crippen LogP contribution < -0.4 is 21.5 Å². The van der Waals surface area contributed by atoms with Crippen molar-refractivity contribution in [2.45, 2.75) is 37.8 Å². The second kappa shape index (κ2) is 11.0. The molecule has 1 unspecified atom stereocenters. The Balaban J connectivity index is 1.37. The van der Waals surface area contributed by atoms with Crippen LogP contribution in [0.25, 0.3) is 5.69 Å². The first kappa shape index (κ1) is 24.2. The average Bonchev–Trinajstić information content (AvgIpc) is 2.87. The van der Waals surface area contributed by atoms with Crippen LogP contribution in [0.15, 0.2) is 71.8 Å². The Morgan fingerprint density at radius 2 is 1.60 bits per heavy atom. The number of pyridine rings is 2. The smallest absolute Gasteiger partial charge is 0.314 e. The lowest BCUT2D eigenvalue weighted by molar-refractivity contribution is -0.136. The third-order valence-electron chi connectivity index (χ3n) is 5.80. The largest absolute Gasteiger partial charge is 0.347 e.